The van der Waals surface area contributed by atoms with Crippen molar-refractivity contribution in [3.05, 3.63) is 70.5 Å². The zero-order valence-corrected chi connectivity index (χ0v) is 16.3. The second-order valence-electron chi connectivity index (χ2n) is 6.45. The third kappa shape index (κ3) is 3.78. The number of hydrogen-bond donors (Lipinski definition) is 1. The maximum atomic E-state index is 12.8. The van der Waals surface area contributed by atoms with E-state index >= 15 is 0 Å². The first-order valence-electron chi connectivity index (χ1n) is 8.99. The number of carbonyl (C=O) groups excluding carboxylic acids is 2. The van der Waals surface area contributed by atoms with Gasteiger partial charge in [-0.25, -0.2) is 9.48 Å². The van der Waals surface area contributed by atoms with Crippen molar-refractivity contribution in [1.82, 2.24) is 15.0 Å². The van der Waals surface area contributed by atoms with Crippen molar-refractivity contribution in [3.8, 4) is 5.69 Å². The Morgan fingerprint density at radius 2 is 1.86 bits per heavy atom. The monoisotopic (exact) mass is 378 g/mol. The van der Waals surface area contributed by atoms with E-state index in [1.165, 1.54) is 0 Å². The summed E-state index contributed by atoms with van der Waals surface area (Å²) in [6.07, 6.45) is 0. The van der Waals surface area contributed by atoms with Gasteiger partial charge in [-0.05, 0) is 57.0 Å². The molecule has 0 saturated carbocycles. The summed E-state index contributed by atoms with van der Waals surface area (Å²) < 4.78 is 6.69. The van der Waals surface area contributed by atoms with Crippen molar-refractivity contribution in [2.45, 2.75) is 27.7 Å². The molecular formula is C21H22N4O3. The van der Waals surface area contributed by atoms with E-state index in [0.717, 1.165) is 16.8 Å². The fourth-order valence-corrected chi connectivity index (χ4v) is 2.88. The lowest BCUT2D eigenvalue weighted by Crippen LogP contribution is -2.17. The van der Waals surface area contributed by atoms with E-state index in [2.05, 4.69) is 15.6 Å². The van der Waals surface area contributed by atoms with Crippen molar-refractivity contribution in [3.63, 3.8) is 0 Å². The Kier molecular flexibility index (Phi) is 5.54. The highest BCUT2D eigenvalue weighted by molar-refractivity contribution is 6.07. The predicted octanol–water partition coefficient (Wildman–Crippen LogP) is 3.62. The zero-order chi connectivity index (χ0) is 20.3. The summed E-state index contributed by atoms with van der Waals surface area (Å²) in [5.41, 5.74) is 4.45. The van der Waals surface area contributed by atoms with E-state index in [-0.39, 0.29) is 17.9 Å². The number of rotatable bonds is 5. The maximum absolute atomic E-state index is 12.8. The number of amides is 1. The largest absolute Gasteiger partial charge is 0.462 e. The number of hydrogen-bond acceptors (Lipinski definition) is 5. The van der Waals surface area contributed by atoms with Crippen LogP contribution in [0.3, 0.4) is 0 Å². The van der Waals surface area contributed by atoms with Crippen LogP contribution in [-0.4, -0.2) is 33.5 Å². The summed E-state index contributed by atoms with van der Waals surface area (Å²) in [5, 5.41) is 10.9. The van der Waals surface area contributed by atoms with Crippen molar-refractivity contribution < 1.29 is 14.3 Å². The number of nitrogens with one attached hydrogen (secondary N) is 1. The normalized spacial score (nSPS) is 10.6. The molecule has 0 spiro atoms. The fraction of sp³-hybridized carbons (Fsp3) is 0.238. The van der Waals surface area contributed by atoms with Gasteiger partial charge in [-0.3, -0.25) is 4.79 Å². The molecule has 1 heterocycles. The average Bonchev–Trinajstić information content (AvgIpc) is 3.05. The molecule has 3 aromatic rings. The van der Waals surface area contributed by atoms with Crippen LogP contribution in [0.4, 0.5) is 5.69 Å². The lowest BCUT2D eigenvalue weighted by Gasteiger charge is -2.10. The smallest absolute Gasteiger partial charge is 0.340 e. The number of ether oxygens (including phenoxy) is 1. The molecular weight excluding hydrogens is 356 g/mol. The topological polar surface area (TPSA) is 86.1 Å². The Balaban J connectivity index is 1.91. The van der Waals surface area contributed by atoms with E-state index in [4.69, 9.17) is 4.74 Å². The average molecular weight is 378 g/mol. The van der Waals surface area contributed by atoms with Crippen molar-refractivity contribution in [1.29, 1.82) is 0 Å². The number of nitrogens with zero attached hydrogens (tertiary/aromatic N) is 3. The van der Waals surface area contributed by atoms with E-state index < -0.39 is 11.9 Å². The number of aromatic nitrogens is 3. The van der Waals surface area contributed by atoms with E-state index in [1.807, 2.05) is 32.0 Å². The zero-order valence-electron chi connectivity index (χ0n) is 16.3. The molecule has 0 aliphatic carbocycles. The molecule has 0 aliphatic rings. The fourth-order valence-electron chi connectivity index (χ4n) is 2.88. The number of para-hydroxylation sites is 1. The van der Waals surface area contributed by atoms with Crippen LogP contribution in [-0.2, 0) is 4.74 Å². The summed E-state index contributed by atoms with van der Waals surface area (Å²) in [5.74, 6) is -0.931. The Bertz CT molecular complexity index is 1040. The molecule has 0 atom stereocenters. The third-order valence-corrected chi connectivity index (χ3v) is 4.37. The van der Waals surface area contributed by atoms with Gasteiger partial charge in [0.05, 0.1) is 29.2 Å². The second-order valence-corrected chi connectivity index (χ2v) is 6.45. The molecule has 0 aliphatic heterocycles. The van der Waals surface area contributed by atoms with Crippen molar-refractivity contribution in [2.75, 3.05) is 11.9 Å². The number of anilines is 1. The number of esters is 1. The van der Waals surface area contributed by atoms with Gasteiger partial charge in [0.15, 0.2) is 5.69 Å². The van der Waals surface area contributed by atoms with Gasteiger partial charge < -0.3 is 10.1 Å². The van der Waals surface area contributed by atoms with Crippen LogP contribution in [0.5, 0.6) is 0 Å². The number of aryl methyl sites for hydroxylation is 2. The van der Waals surface area contributed by atoms with Crippen LogP contribution in [0.2, 0.25) is 0 Å². The molecule has 0 saturated heterocycles. The summed E-state index contributed by atoms with van der Waals surface area (Å²) in [7, 11) is 0. The summed E-state index contributed by atoms with van der Waals surface area (Å²) in [6, 6.07) is 12.7. The second kappa shape index (κ2) is 8.04. The van der Waals surface area contributed by atoms with Gasteiger partial charge >= 0.3 is 5.97 Å². The van der Waals surface area contributed by atoms with E-state index in [9.17, 15) is 9.59 Å². The molecule has 0 bridgehead atoms. The summed E-state index contributed by atoms with van der Waals surface area (Å²) in [6.45, 7) is 7.74. The highest BCUT2D eigenvalue weighted by Crippen LogP contribution is 2.20. The van der Waals surface area contributed by atoms with E-state index in [0.29, 0.717) is 11.4 Å². The van der Waals surface area contributed by atoms with Gasteiger partial charge in [-0.2, -0.15) is 0 Å². The van der Waals surface area contributed by atoms with Crippen molar-refractivity contribution in [2.24, 2.45) is 0 Å². The highest BCUT2D eigenvalue weighted by Gasteiger charge is 2.20. The quantitative estimate of drug-likeness (QED) is 0.685. The Labute approximate surface area is 163 Å². The van der Waals surface area contributed by atoms with Crippen LogP contribution >= 0.6 is 0 Å². The summed E-state index contributed by atoms with van der Waals surface area (Å²) >= 11 is 0. The maximum Gasteiger partial charge on any atom is 0.340 e. The molecule has 0 unspecified atom stereocenters. The number of benzene rings is 2. The first-order chi connectivity index (χ1) is 13.4. The Morgan fingerprint density at radius 1 is 1.11 bits per heavy atom. The molecule has 7 nitrogen and oxygen atoms in total. The SMILES string of the molecule is CCOC(=O)c1ccccc1NC(=O)c1nnn(-c2cc(C)ccc2C)c1C. The molecule has 1 N–H and O–H groups in total. The lowest BCUT2D eigenvalue weighted by atomic mass is 10.1. The van der Waals surface area contributed by atoms with Crippen LogP contribution in [0.15, 0.2) is 42.5 Å². The van der Waals surface area contributed by atoms with Gasteiger partial charge in [0.25, 0.3) is 5.91 Å². The first kappa shape index (κ1) is 19.3. The molecule has 1 aromatic heterocycles. The molecule has 2 aromatic carbocycles. The minimum absolute atomic E-state index is 0.194. The molecule has 0 radical (unpaired) electrons. The first-order valence-corrected chi connectivity index (χ1v) is 8.99. The standard InChI is InChI=1S/C21H22N4O3/c1-5-28-21(27)16-8-6-7-9-17(16)22-20(26)19-15(4)25(24-23-19)18-12-13(2)10-11-14(18)3/h6-12H,5H2,1-4H3,(H,22,26). The summed E-state index contributed by atoms with van der Waals surface area (Å²) in [4.78, 5) is 24.9. The Morgan fingerprint density at radius 3 is 2.61 bits per heavy atom. The van der Waals surface area contributed by atoms with Gasteiger partial charge in [-0.1, -0.05) is 29.5 Å². The predicted molar refractivity (Wildman–Crippen MR) is 106 cm³/mol. The van der Waals surface area contributed by atoms with Gasteiger partial charge in [-0.15, -0.1) is 5.10 Å². The van der Waals surface area contributed by atoms with E-state index in [1.54, 1.807) is 42.8 Å². The van der Waals surface area contributed by atoms with Gasteiger partial charge in [0.1, 0.15) is 0 Å². The van der Waals surface area contributed by atoms with Gasteiger partial charge in [0.2, 0.25) is 0 Å². The molecule has 28 heavy (non-hydrogen) atoms. The minimum Gasteiger partial charge on any atom is -0.462 e. The lowest BCUT2D eigenvalue weighted by molar-refractivity contribution is 0.0527. The Hall–Kier alpha value is -3.48. The van der Waals surface area contributed by atoms with Crippen LogP contribution < -0.4 is 5.32 Å². The van der Waals surface area contributed by atoms with Gasteiger partial charge in [0, 0.05) is 0 Å². The number of carbonyl (C=O) groups is 2. The molecule has 144 valence electrons. The highest BCUT2D eigenvalue weighted by atomic mass is 16.5. The third-order valence-electron chi connectivity index (χ3n) is 4.37. The van der Waals surface area contributed by atoms with Crippen LogP contribution in [0.25, 0.3) is 5.69 Å². The molecule has 0 fully saturated rings. The minimum atomic E-state index is -0.492. The molecule has 7 heteroatoms. The molecule has 3 rings (SSSR count). The van der Waals surface area contributed by atoms with Crippen LogP contribution in [0.1, 0.15) is 44.6 Å². The molecule has 1 amide bonds. The van der Waals surface area contributed by atoms with Crippen molar-refractivity contribution >= 4 is 17.6 Å². The van der Waals surface area contributed by atoms with Crippen LogP contribution in [0, 0.1) is 20.8 Å².